The molecule has 6 heteroatoms. The van der Waals surface area contributed by atoms with Gasteiger partial charge in [-0.15, -0.1) is 5.54 Å². The van der Waals surface area contributed by atoms with Gasteiger partial charge in [-0.2, -0.15) is 0 Å². The summed E-state index contributed by atoms with van der Waals surface area (Å²) in [7, 11) is -1.40. The zero-order valence-corrected chi connectivity index (χ0v) is 14.7. The van der Waals surface area contributed by atoms with Gasteiger partial charge in [0.15, 0.2) is 0 Å². The molecule has 0 radical (unpaired) electrons. The highest BCUT2D eigenvalue weighted by Crippen LogP contribution is 2.31. The van der Waals surface area contributed by atoms with E-state index in [1.165, 1.54) is 4.90 Å². The van der Waals surface area contributed by atoms with Gasteiger partial charge in [0.1, 0.15) is 13.9 Å². The molecule has 2 aromatic rings. The minimum Gasteiger partial charge on any atom is -0.465 e. The maximum atomic E-state index is 11.3. The molecule has 1 atom stereocenters. The Morgan fingerprint density at radius 3 is 2.91 bits per heavy atom. The molecular weight excluding hydrogens is 306 g/mol. The molecule has 0 saturated carbocycles. The lowest BCUT2D eigenvalue weighted by Crippen LogP contribution is -2.29. The van der Waals surface area contributed by atoms with Crippen molar-refractivity contribution in [1.29, 1.82) is 0 Å². The van der Waals surface area contributed by atoms with Gasteiger partial charge in [-0.05, 0) is 31.0 Å². The number of aromatic amines is 1. The van der Waals surface area contributed by atoms with Crippen LogP contribution in [0.25, 0.3) is 11.0 Å². The number of carboxylic acid groups (broad SMARTS) is 1. The van der Waals surface area contributed by atoms with E-state index in [1.54, 1.807) is 0 Å². The second-order valence-electron chi connectivity index (χ2n) is 6.99. The van der Waals surface area contributed by atoms with E-state index in [2.05, 4.69) is 41.1 Å². The number of likely N-dealkylation sites (tertiary alicyclic amines) is 1. The van der Waals surface area contributed by atoms with Crippen LogP contribution in [-0.2, 0) is 0 Å². The summed E-state index contributed by atoms with van der Waals surface area (Å²) >= 11 is 0. The molecule has 120 valence electrons. The quantitative estimate of drug-likeness (QED) is 0.621. The van der Waals surface area contributed by atoms with Crippen LogP contribution >= 0.6 is 0 Å². The lowest BCUT2D eigenvalue weighted by atomic mass is 10.2. The molecule has 2 N–H and O–H groups in total. The standard InChI is InChI=1S/C17H21N3O2Si/c1-23(2,3)10-8-12-6-7-13-14(11-12)19-16(18-13)15-5-4-9-20(15)17(21)22/h6-7,11,15H,4-5,9H2,1-3H3,(H,18,19)(H,21,22). The van der Waals surface area contributed by atoms with Crippen LogP contribution in [0.3, 0.4) is 0 Å². The number of aromatic nitrogens is 2. The van der Waals surface area contributed by atoms with Gasteiger partial charge in [0.05, 0.1) is 17.1 Å². The molecule has 0 spiro atoms. The smallest absolute Gasteiger partial charge is 0.407 e. The second-order valence-corrected chi connectivity index (χ2v) is 11.7. The zero-order valence-electron chi connectivity index (χ0n) is 13.7. The Morgan fingerprint density at radius 2 is 2.22 bits per heavy atom. The van der Waals surface area contributed by atoms with Crippen molar-refractivity contribution in [2.75, 3.05) is 6.54 Å². The van der Waals surface area contributed by atoms with Crippen LogP contribution in [0.5, 0.6) is 0 Å². The Balaban J connectivity index is 1.93. The lowest BCUT2D eigenvalue weighted by molar-refractivity contribution is 0.139. The molecule has 23 heavy (non-hydrogen) atoms. The molecule has 1 aliphatic rings. The largest absolute Gasteiger partial charge is 0.465 e. The first-order chi connectivity index (χ1) is 10.8. The van der Waals surface area contributed by atoms with Gasteiger partial charge in [-0.1, -0.05) is 25.6 Å². The molecule has 5 nitrogen and oxygen atoms in total. The summed E-state index contributed by atoms with van der Waals surface area (Å²) in [6.45, 7) is 7.22. The normalized spacial score (nSPS) is 18.0. The van der Waals surface area contributed by atoms with Crippen LogP contribution in [0.15, 0.2) is 18.2 Å². The summed E-state index contributed by atoms with van der Waals surface area (Å²) in [4.78, 5) is 20.6. The number of H-pyrrole nitrogens is 1. The second kappa shape index (κ2) is 5.74. The topological polar surface area (TPSA) is 69.2 Å². The van der Waals surface area contributed by atoms with Crippen molar-refractivity contribution < 1.29 is 9.90 Å². The van der Waals surface area contributed by atoms with Gasteiger partial charge in [0, 0.05) is 12.1 Å². The van der Waals surface area contributed by atoms with Gasteiger partial charge in [-0.3, -0.25) is 4.90 Å². The van der Waals surface area contributed by atoms with E-state index >= 15 is 0 Å². The number of benzene rings is 1. The molecule has 0 aliphatic carbocycles. The van der Waals surface area contributed by atoms with Gasteiger partial charge in [0.25, 0.3) is 0 Å². The summed E-state index contributed by atoms with van der Waals surface area (Å²) in [5, 5.41) is 9.28. The number of fused-ring (bicyclic) bond motifs is 1. The third-order valence-corrected chi connectivity index (χ3v) is 4.77. The minimum absolute atomic E-state index is 0.170. The maximum Gasteiger partial charge on any atom is 0.407 e. The third kappa shape index (κ3) is 3.40. The van der Waals surface area contributed by atoms with Crippen molar-refractivity contribution in [3.63, 3.8) is 0 Å². The van der Waals surface area contributed by atoms with E-state index in [0.717, 1.165) is 35.3 Å². The Labute approximate surface area is 136 Å². The van der Waals surface area contributed by atoms with Crippen LogP contribution < -0.4 is 0 Å². The first-order valence-corrected chi connectivity index (χ1v) is 11.4. The number of rotatable bonds is 1. The van der Waals surface area contributed by atoms with Crippen molar-refractivity contribution in [3.8, 4) is 11.5 Å². The first-order valence-electron chi connectivity index (χ1n) is 7.86. The summed E-state index contributed by atoms with van der Waals surface area (Å²) < 4.78 is 0. The molecule has 1 amide bonds. The Hall–Kier alpha value is -2.26. The number of amides is 1. The van der Waals surface area contributed by atoms with E-state index in [0.29, 0.717) is 6.54 Å². The van der Waals surface area contributed by atoms with Crippen molar-refractivity contribution in [1.82, 2.24) is 14.9 Å². The molecule has 1 saturated heterocycles. The minimum atomic E-state index is -1.40. The summed E-state index contributed by atoms with van der Waals surface area (Å²) in [6.07, 6.45) is 0.810. The molecule has 1 unspecified atom stereocenters. The Kier molecular flexibility index (Phi) is 3.90. The molecule has 1 fully saturated rings. The fourth-order valence-electron chi connectivity index (χ4n) is 2.80. The number of carbonyl (C=O) groups is 1. The fourth-order valence-corrected chi connectivity index (χ4v) is 3.32. The van der Waals surface area contributed by atoms with Gasteiger partial charge in [0.2, 0.25) is 0 Å². The molecule has 1 aromatic carbocycles. The van der Waals surface area contributed by atoms with E-state index in [9.17, 15) is 9.90 Å². The first kappa shape index (κ1) is 15.6. The zero-order chi connectivity index (χ0) is 16.6. The number of hydrogen-bond donors (Lipinski definition) is 2. The third-order valence-electron chi connectivity index (χ3n) is 3.90. The van der Waals surface area contributed by atoms with Gasteiger partial charge in [-0.25, -0.2) is 9.78 Å². The van der Waals surface area contributed by atoms with Crippen LogP contribution in [0.1, 0.15) is 30.3 Å². The van der Waals surface area contributed by atoms with Crippen molar-refractivity contribution in [2.24, 2.45) is 0 Å². The summed E-state index contributed by atoms with van der Waals surface area (Å²) in [5.74, 6) is 3.97. The summed E-state index contributed by atoms with van der Waals surface area (Å²) in [5.41, 5.74) is 6.10. The summed E-state index contributed by atoms with van der Waals surface area (Å²) in [6, 6.07) is 5.75. The van der Waals surface area contributed by atoms with Crippen LogP contribution in [0, 0.1) is 11.5 Å². The number of nitrogens with zero attached hydrogens (tertiary/aromatic N) is 2. The molecular formula is C17H21N3O2Si. The van der Waals surface area contributed by atoms with E-state index in [-0.39, 0.29) is 6.04 Å². The molecule has 3 rings (SSSR count). The molecule has 0 bridgehead atoms. The highest BCUT2D eigenvalue weighted by molar-refractivity contribution is 6.83. The molecule has 2 heterocycles. The van der Waals surface area contributed by atoms with Crippen molar-refractivity contribution in [2.45, 2.75) is 38.5 Å². The van der Waals surface area contributed by atoms with E-state index < -0.39 is 14.2 Å². The number of imidazole rings is 1. The van der Waals surface area contributed by atoms with Crippen LogP contribution in [-0.4, -0.2) is 40.7 Å². The maximum absolute atomic E-state index is 11.3. The van der Waals surface area contributed by atoms with Crippen LogP contribution in [0.2, 0.25) is 19.6 Å². The average Bonchev–Trinajstić information content (AvgIpc) is 3.09. The lowest BCUT2D eigenvalue weighted by Gasteiger charge is -2.19. The predicted molar refractivity (Wildman–Crippen MR) is 93.0 cm³/mol. The fraction of sp³-hybridized carbons (Fsp3) is 0.412. The van der Waals surface area contributed by atoms with E-state index in [1.807, 2.05) is 18.2 Å². The Morgan fingerprint density at radius 1 is 1.43 bits per heavy atom. The van der Waals surface area contributed by atoms with Crippen molar-refractivity contribution in [3.05, 3.63) is 29.6 Å². The van der Waals surface area contributed by atoms with Crippen LogP contribution in [0.4, 0.5) is 4.79 Å². The molecule has 1 aromatic heterocycles. The van der Waals surface area contributed by atoms with Crippen molar-refractivity contribution >= 4 is 25.2 Å². The SMILES string of the molecule is C[Si](C)(C)C#Cc1ccc2nc(C3CCCN3C(=O)O)[nH]c2c1. The van der Waals surface area contributed by atoms with Gasteiger partial charge < -0.3 is 10.1 Å². The predicted octanol–water partition coefficient (Wildman–Crippen LogP) is 3.61. The van der Waals surface area contributed by atoms with Gasteiger partial charge >= 0.3 is 6.09 Å². The monoisotopic (exact) mass is 327 g/mol. The number of hydrogen-bond acceptors (Lipinski definition) is 2. The highest BCUT2D eigenvalue weighted by atomic mass is 28.3. The van der Waals surface area contributed by atoms with E-state index in [4.69, 9.17) is 0 Å². The average molecular weight is 327 g/mol. The highest BCUT2D eigenvalue weighted by Gasteiger charge is 2.31. The molecule has 1 aliphatic heterocycles. The number of nitrogens with one attached hydrogen (secondary N) is 1. The Bertz CT molecular complexity index is 811.